The Labute approximate surface area is 163 Å². The number of hydrogen-bond donors (Lipinski definition) is 1. The summed E-state index contributed by atoms with van der Waals surface area (Å²) < 4.78 is 24.3. The van der Waals surface area contributed by atoms with Gasteiger partial charge in [0, 0.05) is 23.3 Å². The smallest absolute Gasteiger partial charge is 0.163 e. The number of nitrogens with one attached hydrogen (secondary N) is 1. The van der Waals surface area contributed by atoms with Crippen LogP contribution >= 0.6 is 11.6 Å². The van der Waals surface area contributed by atoms with Gasteiger partial charge in [-0.15, -0.1) is 0 Å². The van der Waals surface area contributed by atoms with E-state index in [0.29, 0.717) is 29.7 Å². The van der Waals surface area contributed by atoms with E-state index in [1.54, 1.807) is 25.3 Å². The van der Waals surface area contributed by atoms with Gasteiger partial charge < -0.3 is 14.8 Å². The van der Waals surface area contributed by atoms with Crippen LogP contribution in [0.2, 0.25) is 5.02 Å². The summed E-state index contributed by atoms with van der Waals surface area (Å²) in [5, 5.41) is 3.93. The van der Waals surface area contributed by atoms with Gasteiger partial charge in [0.25, 0.3) is 0 Å². The van der Waals surface area contributed by atoms with E-state index < -0.39 is 0 Å². The van der Waals surface area contributed by atoms with E-state index in [-0.39, 0.29) is 5.82 Å². The molecule has 0 fully saturated rings. The number of aryl methyl sites for hydroxylation is 1. The van der Waals surface area contributed by atoms with Gasteiger partial charge >= 0.3 is 0 Å². The van der Waals surface area contributed by atoms with Crippen LogP contribution in [0.25, 0.3) is 0 Å². The predicted octanol–water partition coefficient (Wildman–Crippen LogP) is 5.99. The average molecular weight is 386 g/mol. The zero-order chi connectivity index (χ0) is 19.2. The zero-order valence-corrected chi connectivity index (χ0v) is 16.0. The molecule has 1 N–H and O–H groups in total. The van der Waals surface area contributed by atoms with E-state index in [2.05, 4.69) is 24.4 Å². The lowest BCUT2D eigenvalue weighted by atomic mass is 10.1. The standard InChI is InChI=1S/C22H21ClFNO2/c1-15-3-9-19(10-4-15)25-13-17-11-21(26-2)22(12-20(17)23)27-14-16-5-7-18(24)8-6-16/h3-12,25H,13-14H2,1-2H3. The Bertz CT molecular complexity index is 895. The quantitative estimate of drug-likeness (QED) is 0.542. The minimum absolute atomic E-state index is 0.273. The highest BCUT2D eigenvalue weighted by Gasteiger charge is 2.11. The number of hydrogen-bond acceptors (Lipinski definition) is 3. The van der Waals surface area contributed by atoms with Crippen LogP contribution in [0.4, 0.5) is 10.1 Å². The third kappa shape index (κ3) is 5.14. The van der Waals surface area contributed by atoms with Crippen LogP contribution in [0.3, 0.4) is 0 Å². The van der Waals surface area contributed by atoms with E-state index in [0.717, 1.165) is 16.8 Å². The van der Waals surface area contributed by atoms with Crippen molar-refractivity contribution in [1.29, 1.82) is 0 Å². The van der Waals surface area contributed by atoms with Gasteiger partial charge in [0.15, 0.2) is 11.5 Å². The lowest BCUT2D eigenvalue weighted by Crippen LogP contribution is -2.03. The van der Waals surface area contributed by atoms with Crippen molar-refractivity contribution >= 4 is 17.3 Å². The summed E-state index contributed by atoms with van der Waals surface area (Å²) in [5.74, 6) is 0.873. The first kappa shape index (κ1) is 19.1. The summed E-state index contributed by atoms with van der Waals surface area (Å²) in [6, 6.07) is 18.0. The fraction of sp³-hybridized carbons (Fsp3) is 0.182. The first-order chi connectivity index (χ1) is 13.0. The van der Waals surface area contributed by atoms with Gasteiger partial charge in [-0.2, -0.15) is 0 Å². The van der Waals surface area contributed by atoms with Crippen LogP contribution < -0.4 is 14.8 Å². The Morgan fingerprint density at radius 3 is 2.33 bits per heavy atom. The zero-order valence-electron chi connectivity index (χ0n) is 15.3. The molecule has 3 aromatic rings. The molecule has 0 aromatic heterocycles. The van der Waals surface area contributed by atoms with E-state index in [1.807, 2.05) is 18.2 Å². The number of rotatable bonds is 7. The van der Waals surface area contributed by atoms with Crippen molar-refractivity contribution in [3.63, 3.8) is 0 Å². The van der Waals surface area contributed by atoms with Crippen LogP contribution in [0.15, 0.2) is 60.7 Å². The number of methoxy groups -OCH3 is 1. The number of halogens is 2. The van der Waals surface area contributed by atoms with Crippen molar-refractivity contribution in [2.45, 2.75) is 20.1 Å². The molecular weight excluding hydrogens is 365 g/mol. The third-order valence-corrected chi connectivity index (χ3v) is 4.53. The van der Waals surface area contributed by atoms with Crippen molar-refractivity contribution in [2.24, 2.45) is 0 Å². The SMILES string of the molecule is COc1cc(CNc2ccc(C)cc2)c(Cl)cc1OCc1ccc(F)cc1. The molecule has 0 bridgehead atoms. The molecule has 140 valence electrons. The van der Waals surface area contributed by atoms with Crippen LogP contribution in [0.5, 0.6) is 11.5 Å². The maximum absolute atomic E-state index is 13.0. The summed E-state index contributed by atoms with van der Waals surface area (Å²) in [6.07, 6.45) is 0. The molecule has 3 nitrogen and oxygen atoms in total. The van der Waals surface area contributed by atoms with Crippen molar-refractivity contribution in [1.82, 2.24) is 0 Å². The fourth-order valence-electron chi connectivity index (χ4n) is 2.60. The number of anilines is 1. The molecule has 0 atom stereocenters. The highest BCUT2D eigenvalue weighted by Crippen LogP contribution is 2.34. The van der Waals surface area contributed by atoms with Crippen molar-refractivity contribution in [3.05, 3.63) is 88.2 Å². The normalized spacial score (nSPS) is 10.5. The lowest BCUT2D eigenvalue weighted by molar-refractivity contribution is 0.284. The molecule has 0 aliphatic heterocycles. The highest BCUT2D eigenvalue weighted by molar-refractivity contribution is 6.31. The molecule has 0 saturated carbocycles. The first-order valence-corrected chi connectivity index (χ1v) is 8.97. The summed E-state index contributed by atoms with van der Waals surface area (Å²) in [6.45, 7) is 2.92. The minimum atomic E-state index is -0.273. The first-order valence-electron chi connectivity index (χ1n) is 8.59. The summed E-state index contributed by atoms with van der Waals surface area (Å²) in [5.41, 5.74) is 4.00. The Morgan fingerprint density at radius 1 is 0.963 bits per heavy atom. The van der Waals surface area contributed by atoms with Crippen molar-refractivity contribution in [2.75, 3.05) is 12.4 Å². The molecule has 27 heavy (non-hydrogen) atoms. The largest absolute Gasteiger partial charge is 0.493 e. The van der Waals surface area contributed by atoms with E-state index in [1.165, 1.54) is 17.7 Å². The average Bonchev–Trinajstić information content (AvgIpc) is 2.68. The van der Waals surface area contributed by atoms with E-state index in [9.17, 15) is 4.39 Å². The van der Waals surface area contributed by atoms with Crippen LogP contribution in [0.1, 0.15) is 16.7 Å². The van der Waals surface area contributed by atoms with Gasteiger partial charge in [-0.25, -0.2) is 4.39 Å². The monoisotopic (exact) mass is 385 g/mol. The summed E-state index contributed by atoms with van der Waals surface area (Å²) in [7, 11) is 1.59. The Balaban J connectivity index is 1.70. The van der Waals surface area contributed by atoms with Gasteiger partial charge in [0.2, 0.25) is 0 Å². The number of ether oxygens (including phenoxy) is 2. The summed E-state index contributed by atoms with van der Waals surface area (Å²) in [4.78, 5) is 0. The van der Waals surface area contributed by atoms with Gasteiger partial charge in [0.05, 0.1) is 7.11 Å². The molecule has 0 radical (unpaired) electrons. The maximum Gasteiger partial charge on any atom is 0.163 e. The maximum atomic E-state index is 13.0. The van der Waals surface area contributed by atoms with Crippen LogP contribution in [-0.2, 0) is 13.2 Å². The number of benzene rings is 3. The molecule has 0 spiro atoms. The molecule has 0 unspecified atom stereocenters. The molecule has 0 saturated heterocycles. The van der Waals surface area contributed by atoms with Gasteiger partial charge in [-0.05, 0) is 48.4 Å². The molecule has 0 aliphatic carbocycles. The second-order valence-electron chi connectivity index (χ2n) is 6.23. The Hall–Kier alpha value is -2.72. The second kappa shape index (κ2) is 8.78. The highest BCUT2D eigenvalue weighted by atomic mass is 35.5. The lowest BCUT2D eigenvalue weighted by Gasteiger charge is -2.15. The molecule has 3 aromatic carbocycles. The van der Waals surface area contributed by atoms with Crippen LogP contribution in [0, 0.1) is 12.7 Å². The predicted molar refractivity (Wildman–Crippen MR) is 107 cm³/mol. The fourth-order valence-corrected chi connectivity index (χ4v) is 2.82. The van der Waals surface area contributed by atoms with Gasteiger partial charge in [0.1, 0.15) is 12.4 Å². The molecular formula is C22H21ClFNO2. The van der Waals surface area contributed by atoms with E-state index >= 15 is 0 Å². The Kier molecular flexibility index (Phi) is 6.20. The van der Waals surface area contributed by atoms with Crippen LogP contribution in [-0.4, -0.2) is 7.11 Å². The Morgan fingerprint density at radius 2 is 1.67 bits per heavy atom. The molecule has 0 amide bonds. The van der Waals surface area contributed by atoms with Gasteiger partial charge in [-0.3, -0.25) is 0 Å². The molecule has 3 rings (SSSR count). The second-order valence-corrected chi connectivity index (χ2v) is 6.64. The van der Waals surface area contributed by atoms with Crippen molar-refractivity contribution < 1.29 is 13.9 Å². The molecule has 0 aliphatic rings. The molecule has 5 heteroatoms. The van der Waals surface area contributed by atoms with Crippen molar-refractivity contribution in [3.8, 4) is 11.5 Å². The third-order valence-electron chi connectivity index (χ3n) is 4.17. The minimum Gasteiger partial charge on any atom is -0.493 e. The summed E-state index contributed by atoms with van der Waals surface area (Å²) >= 11 is 6.43. The van der Waals surface area contributed by atoms with Gasteiger partial charge in [-0.1, -0.05) is 41.4 Å². The molecule has 0 heterocycles. The topological polar surface area (TPSA) is 30.5 Å². The van der Waals surface area contributed by atoms with E-state index in [4.69, 9.17) is 21.1 Å².